The van der Waals surface area contributed by atoms with Gasteiger partial charge in [0.2, 0.25) is 5.91 Å². The van der Waals surface area contributed by atoms with Crippen molar-refractivity contribution in [2.75, 3.05) is 17.2 Å². The number of hydrogen-bond acceptors (Lipinski definition) is 4. The molecule has 0 radical (unpaired) electrons. The summed E-state index contributed by atoms with van der Waals surface area (Å²) in [4.78, 5) is 24.7. The zero-order valence-electron chi connectivity index (χ0n) is 16.5. The first-order valence-electron chi connectivity index (χ1n) is 9.78. The third-order valence-corrected chi connectivity index (χ3v) is 4.89. The van der Waals surface area contributed by atoms with Gasteiger partial charge in [0.1, 0.15) is 17.9 Å². The van der Waals surface area contributed by atoms with Gasteiger partial charge in [-0.1, -0.05) is 24.3 Å². The van der Waals surface area contributed by atoms with Crippen LogP contribution in [0.2, 0.25) is 0 Å². The minimum atomic E-state index is -0.449. The molecule has 3 amide bonds. The molecule has 1 aromatic heterocycles. The molecular formula is C22H23N5O3. The topological polar surface area (TPSA) is 97.3 Å². The Morgan fingerprint density at radius 2 is 1.93 bits per heavy atom. The summed E-state index contributed by atoms with van der Waals surface area (Å²) >= 11 is 0. The van der Waals surface area contributed by atoms with Gasteiger partial charge in [-0.2, -0.15) is 5.10 Å². The minimum absolute atomic E-state index is 0.0810. The molecule has 2 unspecified atom stereocenters. The molecule has 1 aliphatic heterocycles. The van der Waals surface area contributed by atoms with E-state index in [-0.39, 0.29) is 18.0 Å². The summed E-state index contributed by atoms with van der Waals surface area (Å²) in [6.45, 7) is 2.17. The van der Waals surface area contributed by atoms with Crippen molar-refractivity contribution in [3.05, 3.63) is 72.6 Å². The number of fused-ring (bicyclic) bond motifs is 1. The Hall–Kier alpha value is -3.81. The third-order valence-electron chi connectivity index (χ3n) is 4.89. The molecule has 4 rings (SSSR count). The maximum absolute atomic E-state index is 12.4. The van der Waals surface area contributed by atoms with Crippen LogP contribution in [-0.2, 0) is 11.2 Å². The zero-order valence-corrected chi connectivity index (χ0v) is 16.5. The van der Waals surface area contributed by atoms with E-state index < -0.39 is 6.04 Å². The maximum atomic E-state index is 12.4. The van der Waals surface area contributed by atoms with Crippen molar-refractivity contribution >= 4 is 23.3 Å². The second kappa shape index (κ2) is 8.69. The van der Waals surface area contributed by atoms with E-state index in [1.165, 1.54) is 0 Å². The molecule has 0 saturated carbocycles. The van der Waals surface area contributed by atoms with Gasteiger partial charge in [0.05, 0.1) is 6.54 Å². The number of benzene rings is 2. The van der Waals surface area contributed by atoms with Gasteiger partial charge >= 0.3 is 6.03 Å². The summed E-state index contributed by atoms with van der Waals surface area (Å²) < 4.78 is 7.40. The first-order chi connectivity index (χ1) is 14.6. The number of nitrogens with zero attached hydrogens (tertiary/aromatic N) is 2. The largest absolute Gasteiger partial charge is 0.488 e. The summed E-state index contributed by atoms with van der Waals surface area (Å²) in [5.41, 5.74) is 2.32. The van der Waals surface area contributed by atoms with Gasteiger partial charge in [-0.3, -0.25) is 9.48 Å². The lowest BCUT2D eigenvalue weighted by Crippen LogP contribution is -2.37. The number of carbonyl (C=O) groups excluding carboxylic acids is 2. The quantitative estimate of drug-likeness (QED) is 0.587. The Labute approximate surface area is 174 Å². The maximum Gasteiger partial charge on any atom is 0.319 e. The summed E-state index contributed by atoms with van der Waals surface area (Å²) in [6, 6.07) is 15.9. The summed E-state index contributed by atoms with van der Waals surface area (Å²) in [5, 5.41) is 12.5. The van der Waals surface area contributed by atoms with Gasteiger partial charge in [-0.05, 0) is 42.8 Å². The molecule has 3 aromatic rings. The van der Waals surface area contributed by atoms with Crippen LogP contribution in [0.4, 0.5) is 16.2 Å². The summed E-state index contributed by atoms with van der Waals surface area (Å²) in [6.07, 6.45) is 4.05. The first-order valence-corrected chi connectivity index (χ1v) is 9.78. The number of hydrogen-bond donors (Lipinski definition) is 3. The molecule has 0 saturated heterocycles. The molecule has 1 aliphatic rings. The lowest BCUT2D eigenvalue weighted by molar-refractivity contribution is -0.119. The second-order valence-electron chi connectivity index (χ2n) is 7.12. The van der Waals surface area contributed by atoms with E-state index in [0.29, 0.717) is 17.9 Å². The predicted molar refractivity (Wildman–Crippen MR) is 114 cm³/mol. The highest BCUT2D eigenvalue weighted by atomic mass is 16.5. The molecule has 0 fully saturated rings. The lowest BCUT2D eigenvalue weighted by atomic mass is 10.1. The highest BCUT2D eigenvalue weighted by molar-refractivity contribution is 5.95. The van der Waals surface area contributed by atoms with Crippen molar-refractivity contribution < 1.29 is 14.3 Å². The van der Waals surface area contributed by atoms with E-state index in [9.17, 15) is 9.59 Å². The summed E-state index contributed by atoms with van der Waals surface area (Å²) in [7, 11) is 0. The number of rotatable bonds is 6. The Morgan fingerprint density at radius 1 is 1.13 bits per heavy atom. The second-order valence-corrected chi connectivity index (χ2v) is 7.12. The van der Waals surface area contributed by atoms with Gasteiger partial charge in [0, 0.05) is 30.2 Å². The van der Waals surface area contributed by atoms with Crippen molar-refractivity contribution in [1.29, 1.82) is 0 Å². The number of nitrogens with one attached hydrogen (secondary N) is 3. The molecule has 2 heterocycles. The fourth-order valence-electron chi connectivity index (χ4n) is 3.30. The molecule has 2 aromatic carbocycles. The first kappa shape index (κ1) is 19.5. The zero-order chi connectivity index (χ0) is 20.9. The molecule has 8 nitrogen and oxygen atoms in total. The Morgan fingerprint density at radius 3 is 2.70 bits per heavy atom. The molecular weight excluding hydrogens is 382 g/mol. The van der Waals surface area contributed by atoms with Gasteiger partial charge in [0.15, 0.2) is 0 Å². The molecule has 0 spiro atoms. The predicted octanol–water partition coefficient (Wildman–Crippen LogP) is 3.21. The van der Waals surface area contributed by atoms with Crippen LogP contribution in [0.15, 0.2) is 67.0 Å². The van der Waals surface area contributed by atoms with E-state index in [4.69, 9.17) is 4.74 Å². The van der Waals surface area contributed by atoms with Crippen LogP contribution < -0.4 is 20.7 Å². The number of carbonyl (C=O) groups is 2. The van der Waals surface area contributed by atoms with E-state index in [1.807, 2.05) is 24.3 Å². The highest BCUT2D eigenvalue weighted by Gasteiger charge is 2.22. The monoisotopic (exact) mass is 405 g/mol. The van der Waals surface area contributed by atoms with Gasteiger partial charge < -0.3 is 20.7 Å². The number of amides is 3. The normalized spacial score (nSPS) is 15.6. The average molecular weight is 405 g/mol. The van der Waals surface area contributed by atoms with Crippen LogP contribution >= 0.6 is 0 Å². The van der Waals surface area contributed by atoms with Gasteiger partial charge in [0.25, 0.3) is 0 Å². The minimum Gasteiger partial charge on any atom is -0.488 e. The van der Waals surface area contributed by atoms with Crippen LogP contribution in [0.5, 0.6) is 5.75 Å². The molecule has 8 heteroatoms. The van der Waals surface area contributed by atoms with E-state index >= 15 is 0 Å². The van der Waals surface area contributed by atoms with Crippen LogP contribution in [0.1, 0.15) is 18.5 Å². The Bertz CT molecular complexity index is 1010. The van der Waals surface area contributed by atoms with E-state index in [0.717, 1.165) is 17.7 Å². The standard InChI is InChI=1S/C22H23N5O3/c1-15(27-11-5-10-24-27)21(28)25-17-7-4-8-18(13-17)26-22(29)23-14-19-12-16-6-2-3-9-20(16)30-19/h2-11,13,15,19H,12,14H2,1H3,(H,25,28)(H2,23,26,29). The molecule has 30 heavy (non-hydrogen) atoms. The number of para-hydroxylation sites is 1. The van der Waals surface area contributed by atoms with Crippen LogP contribution in [0.25, 0.3) is 0 Å². The van der Waals surface area contributed by atoms with Gasteiger partial charge in [-0.15, -0.1) is 0 Å². The van der Waals surface area contributed by atoms with Crippen molar-refractivity contribution in [3.8, 4) is 5.75 Å². The number of anilines is 2. The van der Waals surface area contributed by atoms with Crippen LogP contribution in [-0.4, -0.2) is 34.4 Å². The van der Waals surface area contributed by atoms with E-state index in [1.54, 1.807) is 54.3 Å². The molecule has 0 aliphatic carbocycles. The van der Waals surface area contributed by atoms with E-state index in [2.05, 4.69) is 21.0 Å². The van der Waals surface area contributed by atoms with Crippen molar-refractivity contribution in [2.45, 2.75) is 25.5 Å². The van der Waals surface area contributed by atoms with Crippen LogP contribution in [0, 0.1) is 0 Å². The van der Waals surface area contributed by atoms with Crippen molar-refractivity contribution in [2.24, 2.45) is 0 Å². The average Bonchev–Trinajstić information content (AvgIpc) is 3.41. The molecule has 154 valence electrons. The lowest BCUT2D eigenvalue weighted by Gasteiger charge is -2.14. The number of aromatic nitrogens is 2. The Balaban J connectivity index is 1.28. The fourth-order valence-corrected chi connectivity index (χ4v) is 3.30. The number of urea groups is 1. The third kappa shape index (κ3) is 4.60. The number of ether oxygens (including phenoxy) is 1. The molecule has 3 N–H and O–H groups in total. The van der Waals surface area contributed by atoms with Crippen LogP contribution in [0.3, 0.4) is 0 Å². The molecule has 0 bridgehead atoms. The fraction of sp³-hybridized carbons (Fsp3) is 0.227. The summed E-state index contributed by atoms with van der Waals surface area (Å²) in [5.74, 6) is 0.677. The Kier molecular flexibility index (Phi) is 5.65. The SMILES string of the molecule is CC(C(=O)Nc1cccc(NC(=O)NCC2Cc3ccccc3O2)c1)n1cccn1. The van der Waals surface area contributed by atoms with Crippen molar-refractivity contribution in [1.82, 2.24) is 15.1 Å². The van der Waals surface area contributed by atoms with Crippen molar-refractivity contribution in [3.63, 3.8) is 0 Å². The smallest absolute Gasteiger partial charge is 0.319 e. The highest BCUT2D eigenvalue weighted by Crippen LogP contribution is 2.27. The van der Waals surface area contributed by atoms with Gasteiger partial charge in [-0.25, -0.2) is 4.79 Å². The molecule has 2 atom stereocenters.